The Labute approximate surface area is 115 Å². The fourth-order valence-electron chi connectivity index (χ4n) is 3.25. The molecule has 19 heavy (non-hydrogen) atoms. The number of amides is 1. The quantitative estimate of drug-likeness (QED) is 0.706. The van der Waals surface area contributed by atoms with Crippen LogP contribution in [0.2, 0.25) is 0 Å². The van der Waals surface area contributed by atoms with Crippen molar-refractivity contribution >= 4 is 6.09 Å². The van der Waals surface area contributed by atoms with E-state index < -0.39 is 11.7 Å². The Balaban J connectivity index is 1.92. The number of carbonyl (C=O) groups excluding carboxylic acids is 1. The van der Waals surface area contributed by atoms with E-state index in [1.165, 1.54) is 0 Å². The molecule has 110 valence electrons. The number of alkyl carbamates (subject to hydrolysis) is 1. The van der Waals surface area contributed by atoms with Crippen LogP contribution >= 0.6 is 0 Å². The molecule has 1 aliphatic carbocycles. The van der Waals surface area contributed by atoms with Gasteiger partial charge in [-0.05, 0) is 39.5 Å². The van der Waals surface area contributed by atoms with Gasteiger partial charge < -0.3 is 20.5 Å². The molecule has 5 heteroatoms. The second-order valence-electron chi connectivity index (χ2n) is 6.95. The first-order chi connectivity index (χ1) is 8.82. The average molecular weight is 270 g/mol. The van der Waals surface area contributed by atoms with Crippen molar-refractivity contribution in [1.29, 1.82) is 0 Å². The fourth-order valence-corrected chi connectivity index (χ4v) is 3.25. The van der Waals surface area contributed by atoms with E-state index >= 15 is 0 Å². The Hall–Kier alpha value is -0.810. The number of aliphatic hydroxyl groups is 1. The second-order valence-corrected chi connectivity index (χ2v) is 6.95. The number of aliphatic hydroxyl groups excluding tert-OH is 1. The number of fused-ring (bicyclic) bond motifs is 2. The first-order valence-electron chi connectivity index (χ1n) is 7.18. The van der Waals surface area contributed by atoms with Gasteiger partial charge in [0.15, 0.2) is 0 Å². The summed E-state index contributed by atoms with van der Waals surface area (Å²) in [7, 11) is 0. The van der Waals surface area contributed by atoms with Gasteiger partial charge in [0, 0.05) is 25.0 Å². The van der Waals surface area contributed by atoms with Crippen LogP contribution < -0.4 is 10.6 Å². The highest BCUT2D eigenvalue weighted by Crippen LogP contribution is 2.41. The third-order valence-corrected chi connectivity index (χ3v) is 4.19. The lowest BCUT2D eigenvalue weighted by molar-refractivity contribution is -0.0724. The third-order valence-electron chi connectivity index (χ3n) is 4.19. The molecule has 2 rings (SSSR count). The van der Waals surface area contributed by atoms with Crippen molar-refractivity contribution in [1.82, 2.24) is 10.6 Å². The lowest BCUT2D eigenvalue weighted by Gasteiger charge is -2.49. The first kappa shape index (κ1) is 14.6. The number of hydrogen-bond donors (Lipinski definition) is 3. The summed E-state index contributed by atoms with van der Waals surface area (Å²) in [5, 5.41) is 16.7. The molecule has 0 aromatic carbocycles. The van der Waals surface area contributed by atoms with Gasteiger partial charge in [-0.3, -0.25) is 0 Å². The van der Waals surface area contributed by atoms with Crippen LogP contribution in [0.4, 0.5) is 4.79 Å². The molecule has 3 N–H and O–H groups in total. The van der Waals surface area contributed by atoms with Crippen molar-refractivity contribution in [2.24, 2.45) is 11.3 Å². The summed E-state index contributed by atoms with van der Waals surface area (Å²) in [6.07, 6.45) is 2.43. The van der Waals surface area contributed by atoms with Gasteiger partial charge in [-0.2, -0.15) is 0 Å². The predicted octanol–water partition coefficient (Wildman–Crippen LogP) is 1.26. The Morgan fingerprint density at radius 1 is 1.53 bits per heavy atom. The van der Waals surface area contributed by atoms with Crippen LogP contribution in [0.25, 0.3) is 0 Å². The van der Waals surface area contributed by atoms with E-state index in [0.717, 1.165) is 32.4 Å². The predicted molar refractivity (Wildman–Crippen MR) is 72.9 cm³/mol. The van der Waals surface area contributed by atoms with Crippen LogP contribution in [0.15, 0.2) is 0 Å². The molecule has 0 aromatic heterocycles. The Bertz CT molecular complexity index is 328. The molecule has 2 aliphatic rings. The zero-order valence-electron chi connectivity index (χ0n) is 12.2. The van der Waals surface area contributed by atoms with E-state index in [9.17, 15) is 9.90 Å². The molecule has 1 heterocycles. The number of hydrogen-bond acceptors (Lipinski definition) is 4. The van der Waals surface area contributed by atoms with Crippen molar-refractivity contribution in [2.45, 2.75) is 51.7 Å². The van der Waals surface area contributed by atoms with E-state index in [4.69, 9.17) is 4.74 Å². The highest BCUT2D eigenvalue weighted by Gasteiger charge is 2.47. The zero-order chi connectivity index (χ0) is 14.1. The van der Waals surface area contributed by atoms with Crippen LogP contribution in [0.5, 0.6) is 0 Å². The number of carbonyl (C=O) groups is 1. The number of nitrogens with one attached hydrogen (secondary N) is 2. The van der Waals surface area contributed by atoms with Gasteiger partial charge in [0.05, 0.1) is 6.10 Å². The standard InChI is InChI=1S/C14H26N2O3/c1-13(2,3)19-12(18)16-9-14-6-4-5-10(11(14)17)7-15-8-14/h10-11,15,17H,4-9H2,1-3H3,(H,16,18)/t10-,11-,14+/m0/s1. The molecule has 0 unspecified atom stereocenters. The number of ether oxygens (including phenoxy) is 1. The van der Waals surface area contributed by atoms with Gasteiger partial charge in [0.2, 0.25) is 0 Å². The monoisotopic (exact) mass is 270 g/mol. The lowest BCUT2D eigenvalue weighted by Crippen LogP contribution is -2.61. The molecule has 0 spiro atoms. The van der Waals surface area contributed by atoms with Crippen LogP contribution in [-0.2, 0) is 4.74 Å². The van der Waals surface area contributed by atoms with Gasteiger partial charge in [-0.15, -0.1) is 0 Å². The summed E-state index contributed by atoms with van der Waals surface area (Å²) >= 11 is 0. The van der Waals surface area contributed by atoms with Crippen LogP contribution in [-0.4, -0.2) is 42.5 Å². The summed E-state index contributed by atoms with van der Waals surface area (Å²) in [6.45, 7) is 7.66. The summed E-state index contributed by atoms with van der Waals surface area (Å²) in [4.78, 5) is 11.7. The third kappa shape index (κ3) is 3.39. The van der Waals surface area contributed by atoms with Gasteiger partial charge in [-0.1, -0.05) is 6.42 Å². The Kier molecular flexibility index (Phi) is 4.06. The summed E-state index contributed by atoms with van der Waals surface area (Å²) in [5.74, 6) is 0.322. The van der Waals surface area contributed by atoms with Gasteiger partial charge in [0.1, 0.15) is 5.60 Å². The van der Waals surface area contributed by atoms with Crippen LogP contribution in [0, 0.1) is 11.3 Å². The maximum atomic E-state index is 11.7. The summed E-state index contributed by atoms with van der Waals surface area (Å²) in [6, 6.07) is 0. The molecule has 3 atom stereocenters. The smallest absolute Gasteiger partial charge is 0.407 e. The van der Waals surface area contributed by atoms with E-state index in [2.05, 4.69) is 10.6 Å². The second kappa shape index (κ2) is 5.29. The molecule has 2 fully saturated rings. The van der Waals surface area contributed by atoms with Crippen molar-refractivity contribution in [3.63, 3.8) is 0 Å². The highest BCUT2D eigenvalue weighted by atomic mass is 16.6. The molecule has 1 saturated heterocycles. The molecule has 1 saturated carbocycles. The fraction of sp³-hybridized carbons (Fsp3) is 0.929. The van der Waals surface area contributed by atoms with Crippen molar-refractivity contribution in [3.05, 3.63) is 0 Å². The summed E-state index contributed by atoms with van der Waals surface area (Å²) < 4.78 is 5.25. The zero-order valence-corrected chi connectivity index (χ0v) is 12.2. The topological polar surface area (TPSA) is 70.6 Å². The van der Waals surface area contributed by atoms with Crippen molar-refractivity contribution < 1.29 is 14.6 Å². The van der Waals surface area contributed by atoms with Crippen molar-refractivity contribution in [2.75, 3.05) is 19.6 Å². The average Bonchev–Trinajstić information content (AvgIpc) is 2.25. The minimum Gasteiger partial charge on any atom is -0.444 e. The summed E-state index contributed by atoms with van der Waals surface area (Å²) in [5.41, 5.74) is -0.710. The van der Waals surface area contributed by atoms with E-state index in [1.54, 1.807) is 0 Å². The first-order valence-corrected chi connectivity index (χ1v) is 7.18. The van der Waals surface area contributed by atoms with Gasteiger partial charge >= 0.3 is 6.09 Å². The molecule has 5 nitrogen and oxygen atoms in total. The molecule has 1 aliphatic heterocycles. The maximum absolute atomic E-state index is 11.7. The molecule has 0 radical (unpaired) electrons. The largest absolute Gasteiger partial charge is 0.444 e. The minimum absolute atomic E-state index is 0.224. The molecular formula is C14H26N2O3. The number of rotatable bonds is 2. The van der Waals surface area contributed by atoms with Crippen LogP contribution in [0.1, 0.15) is 40.0 Å². The molecule has 1 amide bonds. The molecule has 0 aromatic rings. The highest BCUT2D eigenvalue weighted by molar-refractivity contribution is 5.67. The normalized spacial score (nSPS) is 34.7. The van der Waals surface area contributed by atoms with E-state index in [-0.39, 0.29) is 11.5 Å². The SMILES string of the molecule is CC(C)(C)OC(=O)NC[C@@]12CCC[C@@H](CNC1)[C@@H]2O. The minimum atomic E-state index is -0.486. The van der Waals surface area contributed by atoms with Gasteiger partial charge in [0.25, 0.3) is 0 Å². The Morgan fingerprint density at radius 2 is 2.26 bits per heavy atom. The Morgan fingerprint density at radius 3 is 2.95 bits per heavy atom. The van der Waals surface area contributed by atoms with E-state index in [1.807, 2.05) is 20.8 Å². The number of piperidine rings is 1. The molecule has 2 bridgehead atoms. The van der Waals surface area contributed by atoms with Gasteiger partial charge in [-0.25, -0.2) is 4.79 Å². The van der Waals surface area contributed by atoms with Crippen LogP contribution in [0.3, 0.4) is 0 Å². The lowest BCUT2D eigenvalue weighted by atomic mass is 9.65. The molecular weight excluding hydrogens is 244 g/mol. The van der Waals surface area contributed by atoms with E-state index in [0.29, 0.717) is 12.5 Å². The van der Waals surface area contributed by atoms with Crippen molar-refractivity contribution in [3.8, 4) is 0 Å². The maximum Gasteiger partial charge on any atom is 0.407 e.